The first-order chi connectivity index (χ1) is 6.00. The van der Waals surface area contributed by atoms with E-state index in [9.17, 15) is 10.1 Å². The Labute approximate surface area is 78.0 Å². The molecule has 0 saturated carbocycles. The summed E-state index contributed by atoms with van der Waals surface area (Å²) in [6.45, 7) is 0. The van der Waals surface area contributed by atoms with Gasteiger partial charge in [0.1, 0.15) is 5.69 Å². The Balaban J connectivity index is 3.06. The minimum Gasteiger partial charge on any atom is -0.504 e. The lowest BCUT2D eigenvalue weighted by atomic mass is 10.2. The van der Waals surface area contributed by atoms with Crippen molar-refractivity contribution < 1.29 is 10.1 Å². The molecule has 0 bridgehead atoms. The summed E-state index contributed by atoms with van der Waals surface area (Å²) in [6.07, 6.45) is 0. The highest BCUT2D eigenvalue weighted by Crippen LogP contribution is 2.32. The van der Waals surface area contributed by atoms with Gasteiger partial charge in [0.05, 0.1) is 10.7 Å². The SMILES string of the molecule is Nc1cc(N[N+](=O)[O-])cc(Cl)c1O. The minimum absolute atomic E-state index is 0.0168. The van der Waals surface area contributed by atoms with Crippen LogP contribution in [0.15, 0.2) is 12.1 Å². The first kappa shape index (κ1) is 9.40. The van der Waals surface area contributed by atoms with Crippen molar-refractivity contribution in [3.05, 3.63) is 27.3 Å². The van der Waals surface area contributed by atoms with Gasteiger partial charge in [-0.1, -0.05) is 11.6 Å². The Morgan fingerprint density at radius 1 is 1.62 bits per heavy atom. The summed E-state index contributed by atoms with van der Waals surface area (Å²) in [6, 6.07) is 2.42. The third-order valence-corrected chi connectivity index (χ3v) is 1.60. The first-order valence-corrected chi connectivity index (χ1v) is 3.57. The smallest absolute Gasteiger partial charge is 0.162 e. The van der Waals surface area contributed by atoms with E-state index in [1.54, 1.807) is 0 Å². The number of benzene rings is 1. The minimum atomic E-state index is -0.748. The largest absolute Gasteiger partial charge is 0.504 e. The Bertz CT molecular complexity index is 332. The normalized spacial score (nSPS) is 9.62. The highest BCUT2D eigenvalue weighted by atomic mass is 35.5. The zero-order chi connectivity index (χ0) is 10.0. The zero-order valence-corrected chi connectivity index (χ0v) is 7.08. The third-order valence-electron chi connectivity index (χ3n) is 1.31. The maximum Gasteiger partial charge on any atom is 0.162 e. The Morgan fingerprint density at radius 3 is 2.69 bits per heavy atom. The highest BCUT2D eigenvalue weighted by Gasteiger charge is 2.07. The van der Waals surface area contributed by atoms with Crippen molar-refractivity contribution in [2.24, 2.45) is 0 Å². The molecule has 0 saturated heterocycles. The maximum absolute atomic E-state index is 10.0. The number of halogens is 1. The lowest BCUT2D eigenvalue weighted by Crippen LogP contribution is -2.07. The predicted molar refractivity (Wildman–Crippen MR) is 48.1 cm³/mol. The van der Waals surface area contributed by atoms with Crippen LogP contribution in [-0.2, 0) is 0 Å². The van der Waals surface area contributed by atoms with Crippen LogP contribution in [0.25, 0.3) is 0 Å². The van der Waals surface area contributed by atoms with Crippen LogP contribution in [-0.4, -0.2) is 10.1 Å². The average molecular weight is 204 g/mol. The number of hydrazine groups is 1. The molecule has 0 spiro atoms. The van der Waals surface area contributed by atoms with Crippen LogP contribution in [0, 0.1) is 10.1 Å². The highest BCUT2D eigenvalue weighted by molar-refractivity contribution is 6.32. The van der Waals surface area contributed by atoms with Crippen LogP contribution in [0.3, 0.4) is 0 Å². The molecule has 0 aliphatic carbocycles. The van der Waals surface area contributed by atoms with Crippen LogP contribution < -0.4 is 11.2 Å². The molecular formula is C6H6ClN3O3. The molecule has 70 valence electrons. The van der Waals surface area contributed by atoms with Crippen molar-refractivity contribution in [2.45, 2.75) is 0 Å². The topological polar surface area (TPSA) is 101 Å². The van der Waals surface area contributed by atoms with E-state index >= 15 is 0 Å². The van der Waals surface area contributed by atoms with Crippen molar-refractivity contribution in [3.63, 3.8) is 0 Å². The fraction of sp³-hybridized carbons (Fsp3) is 0. The molecule has 6 nitrogen and oxygen atoms in total. The van der Waals surface area contributed by atoms with Gasteiger partial charge in [-0.05, 0) is 12.1 Å². The van der Waals surface area contributed by atoms with Gasteiger partial charge in [-0.25, -0.2) is 10.1 Å². The van der Waals surface area contributed by atoms with E-state index in [1.165, 1.54) is 12.1 Å². The molecule has 0 heterocycles. The standard InChI is InChI=1S/C6H6ClN3O3/c7-4-1-3(9-10(12)13)2-5(8)6(4)11/h1-2,9,11H,8H2. The molecule has 13 heavy (non-hydrogen) atoms. The number of nitro groups is 1. The number of phenols is 1. The molecule has 0 unspecified atom stereocenters. The number of phenolic OH excluding ortho intramolecular Hbond substituents is 1. The molecule has 0 amide bonds. The van der Waals surface area contributed by atoms with Crippen LogP contribution >= 0.6 is 11.6 Å². The summed E-state index contributed by atoms with van der Waals surface area (Å²) < 4.78 is 0. The van der Waals surface area contributed by atoms with Gasteiger partial charge in [-0.3, -0.25) is 0 Å². The molecule has 0 aliphatic rings. The molecule has 4 N–H and O–H groups in total. The molecule has 1 aromatic carbocycles. The molecule has 7 heteroatoms. The Kier molecular flexibility index (Phi) is 2.43. The van der Waals surface area contributed by atoms with Gasteiger partial charge in [0.2, 0.25) is 0 Å². The molecule has 0 atom stereocenters. The van der Waals surface area contributed by atoms with Crippen LogP contribution in [0.4, 0.5) is 11.4 Å². The second-order valence-corrected chi connectivity index (χ2v) is 2.67. The van der Waals surface area contributed by atoms with E-state index in [0.717, 1.165) is 0 Å². The predicted octanol–water partition coefficient (Wildman–Crippen LogP) is 1.23. The fourth-order valence-corrected chi connectivity index (χ4v) is 1.02. The van der Waals surface area contributed by atoms with Crippen molar-refractivity contribution in [1.29, 1.82) is 0 Å². The van der Waals surface area contributed by atoms with Gasteiger partial charge in [0, 0.05) is 0 Å². The van der Waals surface area contributed by atoms with Gasteiger partial charge < -0.3 is 10.8 Å². The quantitative estimate of drug-likeness (QED) is 0.221. The Morgan fingerprint density at radius 2 is 2.23 bits per heavy atom. The maximum atomic E-state index is 10.0. The molecule has 1 rings (SSSR count). The molecule has 0 radical (unpaired) electrons. The first-order valence-electron chi connectivity index (χ1n) is 3.19. The van der Waals surface area contributed by atoms with E-state index in [-0.39, 0.29) is 22.1 Å². The van der Waals surface area contributed by atoms with E-state index in [1.807, 2.05) is 5.43 Å². The number of aromatic hydroxyl groups is 1. The summed E-state index contributed by atoms with van der Waals surface area (Å²) in [5, 5.41) is 18.3. The number of nitrogen functional groups attached to an aromatic ring is 1. The van der Waals surface area contributed by atoms with E-state index < -0.39 is 5.03 Å². The van der Waals surface area contributed by atoms with E-state index in [0.29, 0.717) is 0 Å². The number of hydrogen-bond acceptors (Lipinski definition) is 4. The van der Waals surface area contributed by atoms with Crippen LogP contribution in [0.5, 0.6) is 5.75 Å². The number of rotatable bonds is 2. The monoisotopic (exact) mass is 203 g/mol. The molecule has 0 aromatic heterocycles. The van der Waals surface area contributed by atoms with Gasteiger partial charge in [0.15, 0.2) is 10.8 Å². The number of nitrogens with one attached hydrogen (secondary N) is 1. The lowest BCUT2D eigenvalue weighted by molar-refractivity contribution is -0.445. The Hall–Kier alpha value is -1.69. The van der Waals surface area contributed by atoms with Gasteiger partial charge in [-0.15, -0.1) is 5.43 Å². The number of hydrogen-bond donors (Lipinski definition) is 3. The molecule has 0 fully saturated rings. The van der Waals surface area contributed by atoms with E-state index in [4.69, 9.17) is 22.4 Å². The van der Waals surface area contributed by atoms with Gasteiger partial charge >= 0.3 is 0 Å². The number of anilines is 2. The lowest BCUT2D eigenvalue weighted by Gasteiger charge is -2.03. The molecule has 1 aromatic rings. The zero-order valence-electron chi connectivity index (χ0n) is 6.32. The summed E-state index contributed by atoms with van der Waals surface area (Å²) in [5.74, 6) is -0.282. The number of nitrogens with two attached hydrogens (primary N) is 1. The number of nitrogens with zero attached hydrogens (tertiary/aromatic N) is 1. The van der Waals surface area contributed by atoms with Crippen molar-refractivity contribution >= 4 is 23.0 Å². The van der Waals surface area contributed by atoms with Crippen LogP contribution in [0.2, 0.25) is 5.02 Å². The van der Waals surface area contributed by atoms with Crippen molar-refractivity contribution in [2.75, 3.05) is 11.2 Å². The van der Waals surface area contributed by atoms with Gasteiger partial charge in [0.25, 0.3) is 0 Å². The summed E-state index contributed by atoms with van der Waals surface area (Å²) in [5.41, 5.74) is 7.26. The van der Waals surface area contributed by atoms with E-state index in [2.05, 4.69) is 0 Å². The fourth-order valence-electron chi connectivity index (χ4n) is 0.790. The molecular weight excluding hydrogens is 198 g/mol. The summed E-state index contributed by atoms with van der Waals surface area (Å²) in [7, 11) is 0. The third kappa shape index (κ3) is 2.12. The van der Waals surface area contributed by atoms with Gasteiger partial charge in [-0.2, -0.15) is 0 Å². The van der Waals surface area contributed by atoms with Crippen LogP contribution in [0.1, 0.15) is 0 Å². The second kappa shape index (κ2) is 3.36. The average Bonchev–Trinajstić information content (AvgIpc) is 1.98. The molecule has 0 aliphatic heterocycles. The summed E-state index contributed by atoms with van der Waals surface area (Å²) in [4.78, 5) is 10.0. The summed E-state index contributed by atoms with van der Waals surface area (Å²) >= 11 is 5.51. The van der Waals surface area contributed by atoms with Crippen molar-refractivity contribution in [3.8, 4) is 5.75 Å². The second-order valence-electron chi connectivity index (χ2n) is 2.26. The van der Waals surface area contributed by atoms with Crippen molar-refractivity contribution in [1.82, 2.24) is 0 Å².